The van der Waals surface area contributed by atoms with Crippen LogP contribution in [0.15, 0.2) is 0 Å². The molecule has 0 aromatic heterocycles. The van der Waals surface area contributed by atoms with Crippen LogP contribution in [0.4, 0.5) is 4.79 Å². The van der Waals surface area contributed by atoms with Gasteiger partial charge in [-0.1, -0.05) is 20.3 Å². The smallest absolute Gasteiger partial charge is 0.407 e. The molecule has 1 aliphatic rings. The maximum absolute atomic E-state index is 11.5. The molecule has 1 aliphatic carbocycles. The Morgan fingerprint density at radius 1 is 1.38 bits per heavy atom. The molecule has 0 heterocycles. The number of nitrogens with one attached hydrogen (secondary N) is 1. The van der Waals surface area contributed by atoms with Gasteiger partial charge in [0.2, 0.25) is 0 Å². The molecule has 0 saturated heterocycles. The van der Waals surface area contributed by atoms with Gasteiger partial charge in [-0.3, -0.25) is 0 Å². The summed E-state index contributed by atoms with van der Waals surface area (Å²) in [6.45, 7) is 10.9. The minimum absolute atomic E-state index is 0.292. The largest absolute Gasteiger partial charge is 0.444 e. The third-order valence-corrected chi connectivity index (χ3v) is 3.56. The van der Waals surface area contributed by atoms with Crippen molar-refractivity contribution in [1.29, 1.82) is 0 Å². The number of rotatable bonds is 3. The Morgan fingerprint density at radius 3 is 2.25 bits per heavy atom. The van der Waals surface area contributed by atoms with Crippen LogP contribution in [0.2, 0.25) is 0 Å². The van der Waals surface area contributed by atoms with Crippen molar-refractivity contribution in [2.75, 3.05) is 6.54 Å². The summed E-state index contributed by atoms with van der Waals surface area (Å²) in [5.41, 5.74) is -0.0917. The van der Waals surface area contributed by atoms with Crippen molar-refractivity contribution in [2.45, 2.75) is 59.5 Å². The average Bonchev–Trinajstić information content (AvgIpc) is 1.97. The highest BCUT2D eigenvalue weighted by atomic mass is 16.6. The number of amides is 1. The van der Waals surface area contributed by atoms with Crippen LogP contribution in [0.3, 0.4) is 0 Å². The van der Waals surface area contributed by atoms with Crippen molar-refractivity contribution < 1.29 is 9.53 Å². The van der Waals surface area contributed by atoms with Crippen LogP contribution in [0.5, 0.6) is 0 Å². The first-order valence-corrected chi connectivity index (χ1v) is 6.22. The minimum Gasteiger partial charge on any atom is -0.444 e. The SMILES string of the molecule is CC(C)C1(CNC(=O)OC(C)(C)C)CCC1. The number of carbonyl (C=O) groups is 1. The first-order chi connectivity index (χ1) is 7.25. The van der Waals surface area contributed by atoms with E-state index < -0.39 is 5.60 Å². The van der Waals surface area contributed by atoms with Gasteiger partial charge in [0.1, 0.15) is 5.60 Å². The molecule has 0 bridgehead atoms. The van der Waals surface area contributed by atoms with Crippen LogP contribution < -0.4 is 5.32 Å². The van der Waals surface area contributed by atoms with E-state index >= 15 is 0 Å². The molecule has 0 aromatic rings. The molecule has 1 N–H and O–H groups in total. The Labute approximate surface area is 98.9 Å². The third kappa shape index (κ3) is 3.39. The molecule has 1 fully saturated rings. The molecule has 3 nitrogen and oxygen atoms in total. The first kappa shape index (κ1) is 13.3. The Bertz CT molecular complexity index is 249. The summed E-state index contributed by atoms with van der Waals surface area (Å²) in [4.78, 5) is 11.5. The normalized spacial score (nSPS) is 19.1. The molecule has 0 spiro atoms. The van der Waals surface area contributed by atoms with Gasteiger partial charge in [-0.2, -0.15) is 0 Å². The lowest BCUT2D eigenvalue weighted by Crippen LogP contribution is -2.46. The van der Waals surface area contributed by atoms with Crippen LogP contribution in [0, 0.1) is 11.3 Å². The van der Waals surface area contributed by atoms with Gasteiger partial charge in [-0.25, -0.2) is 4.79 Å². The van der Waals surface area contributed by atoms with Crippen molar-refractivity contribution in [3.8, 4) is 0 Å². The standard InChI is InChI=1S/C13H25NO2/c1-10(2)13(7-6-8-13)9-14-11(15)16-12(3,4)5/h10H,6-9H2,1-5H3,(H,14,15). The van der Waals surface area contributed by atoms with E-state index in [1.807, 2.05) is 20.8 Å². The quantitative estimate of drug-likeness (QED) is 0.803. The van der Waals surface area contributed by atoms with Crippen LogP contribution in [0.25, 0.3) is 0 Å². The van der Waals surface area contributed by atoms with E-state index in [-0.39, 0.29) is 6.09 Å². The fourth-order valence-electron chi connectivity index (χ4n) is 2.15. The second-order valence-electron chi connectivity index (χ2n) is 6.23. The van der Waals surface area contributed by atoms with Gasteiger partial charge in [-0.05, 0) is 44.9 Å². The van der Waals surface area contributed by atoms with Gasteiger partial charge in [0.05, 0.1) is 0 Å². The van der Waals surface area contributed by atoms with E-state index in [0.717, 1.165) is 6.54 Å². The van der Waals surface area contributed by atoms with Crippen molar-refractivity contribution in [1.82, 2.24) is 5.32 Å². The van der Waals surface area contributed by atoms with Crippen molar-refractivity contribution >= 4 is 6.09 Å². The molecule has 0 radical (unpaired) electrons. The topological polar surface area (TPSA) is 38.3 Å². The summed E-state index contributed by atoms with van der Waals surface area (Å²) in [5.74, 6) is 0.621. The Morgan fingerprint density at radius 2 is 1.94 bits per heavy atom. The molecule has 0 aliphatic heterocycles. The minimum atomic E-state index is -0.408. The summed E-state index contributed by atoms with van der Waals surface area (Å²) in [5, 5.41) is 2.90. The number of carbonyl (C=O) groups excluding carboxylic acids is 1. The van der Waals surface area contributed by atoms with Crippen molar-refractivity contribution in [2.24, 2.45) is 11.3 Å². The number of ether oxygens (including phenoxy) is 1. The highest BCUT2D eigenvalue weighted by molar-refractivity contribution is 5.67. The van der Waals surface area contributed by atoms with Gasteiger partial charge in [-0.15, -0.1) is 0 Å². The van der Waals surface area contributed by atoms with E-state index in [9.17, 15) is 4.79 Å². The van der Waals surface area contributed by atoms with Crippen LogP contribution in [-0.4, -0.2) is 18.2 Å². The second kappa shape index (κ2) is 4.64. The van der Waals surface area contributed by atoms with Crippen molar-refractivity contribution in [3.63, 3.8) is 0 Å². The number of hydrogen-bond acceptors (Lipinski definition) is 2. The van der Waals surface area contributed by atoms with Gasteiger partial charge < -0.3 is 10.1 Å². The molecular weight excluding hydrogens is 202 g/mol. The lowest BCUT2D eigenvalue weighted by atomic mass is 9.62. The molecule has 94 valence electrons. The van der Waals surface area contributed by atoms with E-state index in [1.165, 1.54) is 19.3 Å². The summed E-state index contributed by atoms with van der Waals surface area (Å²) in [6, 6.07) is 0. The predicted octanol–water partition coefficient (Wildman–Crippen LogP) is 3.34. The zero-order valence-corrected chi connectivity index (χ0v) is 11.2. The van der Waals surface area contributed by atoms with Crippen LogP contribution in [-0.2, 0) is 4.74 Å². The maximum atomic E-state index is 11.5. The maximum Gasteiger partial charge on any atom is 0.407 e. The van der Waals surface area contributed by atoms with Gasteiger partial charge in [0.15, 0.2) is 0 Å². The fourth-order valence-corrected chi connectivity index (χ4v) is 2.15. The molecule has 1 amide bonds. The second-order valence-corrected chi connectivity index (χ2v) is 6.23. The van der Waals surface area contributed by atoms with Gasteiger partial charge >= 0.3 is 6.09 Å². The van der Waals surface area contributed by atoms with E-state index in [2.05, 4.69) is 19.2 Å². The Balaban J connectivity index is 2.36. The first-order valence-electron chi connectivity index (χ1n) is 6.22. The highest BCUT2D eigenvalue weighted by Crippen LogP contribution is 2.46. The summed E-state index contributed by atoms with van der Waals surface area (Å²) in [7, 11) is 0. The van der Waals surface area contributed by atoms with Gasteiger partial charge in [0.25, 0.3) is 0 Å². The number of alkyl carbamates (subject to hydrolysis) is 1. The van der Waals surface area contributed by atoms with Gasteiger partial charge in [0, 0.05) is 6.54 Å². The molecule has 0 aromatic carbocycles. The molecule has 0 unspecified atom stereocenters. The molecule has 1 saturated carbocycles. The molecular formula is C13H25NO2. The van der Waals surface area contributed by atoms with E-state index in [0.29, 0.717) is 11.3 Å². The Kier molecular flexibility index (Phi) is 3.87. The molecule has 16 heavy (non-hydrogen) atoms. The van der Waals surface area contributed by atoms with Crippen LogP contribution >= 0.6 is 0 Å². The monoisotopic (exact) mass is 227 g/mol. The van der Waals surface area contributed by atoms with Crippen LogP contribution in [0.1, 0.15) is 53.9 Å². The fraction of sp³-hybridized carbons (Fsp3) is 0.923. The lowest BCUT2D eigenvalue weighted by Gasteiger charge is -2.45. The average molecular weight is 227 g/mol. The summed E-state index contributed by atoms with van der Waals surface area (Å²) < 4.78 is 5.23. The van der Waals surface area contributed by atoms with Crippen molar-refractivity contribution in [3.05, 3.63) is 0 Å². The third-order valence-electron chi connectivity index (χ3n) is 3.56. The summed E-state index contributed by atoms with van der Waals surface area (Å²) >= 11 is 0. The highest BCUT2D eigenvalue weighted by Gasteiger charge is 2.40. The number of hydrogen-bond donors (Lipinski definition) is 1. The zero-order chi connectivity index (χ0) is 12.4. The Hall–Kier alpha value is -0.730. The molecule has 3 heteroatoms. The van der Waals surface area contributed by atoms with E-state index in [4.69, 9.17) is 4.74 Å². The predicted molar refractivity (Wildman–Crippen MR) is 65.4 cm³/mol. The summed E-state index contributed by atoms with van der Waals surface area (Å²) in [6.07, 6.45) is 3.44. The zero-order valence-electron chi connectivity index (χ0n) is 11.2. The molecule has 0 atom stereocenters. The van der Waals surface area contributed by atoms with E-state index in [1.54, 1.807) is 0 Å². The lowest BCUT2D eigenvalue weighted by molar-refractivity contribution is 0.0349. The molecule has 1 rings (SSSR count).